The summed E-state index contributed by atoms with van der Waals surface area (Å²) in [6.07, 6.45) is 0.955. The predicted octanol–water partition coefficient (Wildman–Crippen LogP) is 1.44. The Bertz CT molecular complexity index is 469. The number of benzene rings is 1. The molecule has 1 rings (SSSR count). The number of aliphatic hydroxyl groups is 2. The lowest BCUT2D eigenvalue weighted by Crippen LogP contribution is -2.41. The van der Waals surface area contributed by atoms with E-state index in [0.29, 0.717) is 30.8 Å². The maximum atomic E-state index is 9.99. The van der Waals surface area contributed by atoms with Crippen LogP contribution in [0.25, 0.3) is 0 Å². The molecule has 0 radical (unpaired) electrons. The Kier molecular flexibility index (Phi) is 7.17. The molecule has 0 aromatic heterocycles. The fourth-order valence-electron chi connectivity index (χ4n) is 2.04. The van der Waals surface area contributed by atoms with E-state index in [9.17, 15) is 10.2 Å². The van der Waals surface area contributed by atoms with Gasteiger partial charge in [0, 0.05) is 13.1 Å². The summed E-state index contributed by atoms with van der Waals surface area (Å²) in [5.74, 6) is 0.561. The van der Waals surface area contributed by atoms with Crippen molar-refractivity contribution in [2.75, 3.05) is 19.7 Å². The smallest absolute Gasteiger partial charge is 0.120 e. The highest BCUT2D eigenvalue weighted by Crippen LogP contribution is 2.13. The second-order valence-electron chi connectivity index (χ2n) is 5.48. The quantitative estimate of drug-likeness (QED) is 0.641. The second kappa shape index (κ2) is 8.63. The molecule has 0 aliphatic carbocycles. The lowest BCUT2D eigenvalue weighted by molar-refractivity contribution is 0.0427. The second-order valence-corrected chi connectivity index (χ2v) is 5.48. The van der Waals surface area contributed by atoms with E-state index in [2.05, 4.69) is 5.32 Å². The number of nitriles is 1. The van der Waals surface area contributed by atoms with Gasteiger partial charge in [0.15, 0.2) is 0 Å². The van der Waals surface area contributed by atoms with Crippen molar-refractivity contribution in [3.8, 4) is 11.8 Å². The number of nitrogens with one attached hydrogen (secondary N) is 1. The molecular formula is C16H24N2O3. The molecule has 21 heavy (non-hydrogen) atoms. The number of rotatable bonds is 9. The van der Waals surface area contributed by atoms with Crippen LogP contribution in [0, 0.1) is 11.3 Å². The van der Waals surface area contributed by atoms with Gasteiger partial charge in [0.1, 0.15) is 18.5 Å². The first-order valence-corrected chi connectivity index (χ1v) is 7.21. The van der Waals surface area contributed by atoms with E-state index in [-0.39, 0.29) is 6.61 Å². The molecule has 3 N–H and O–H groups in total. The molecule has 0 amide bonds. The van der Waals surface area contributed by atoms with Crippen LogP contribution in [-0.2, 0) is 0 Å². The van der Waals surface area contributed by atoms with Crippen LogP contribution in [0.5, 0.6) is 5.75 Å². The molecule has 0 saturated carbocycles. The van der Waals surface area contributed by atoms with Crippen molar-refractivity contribution in [3.05, 3.63) is 29.8 Å². The summed E-state index contributed by atoms with van der Waals surface area (Å²) in [6.45, 7) is 4.71. The summed E-state index contributed by atoms with van der Waals surface area (Å²) < 4.78 is 5.44. The zero-order valence-corrected chi connectivity index (χ0v) is 12.7. The van der Waals surface area contributed by atoms with Crippen LogP contribution in [0.4, 0.5) is 0 Å². The van der Waals surface area contributed by atoms with Crippen LogP contribution in [0.15, 0.2) is 24.3 Å². The maximum absolute atomic E-state index is 9.99. The number of hydrogen-bond donors (Lipinski definition) is 3. The Morgan fingerprint density at radius 1 is 1.48 bits per heavy atom. The Morgan fingerprint density at radius 3 is 2.90 bits per heavy atom. The molecule has 0 aliphatic heterocycles. The minimum Gasteiger partial charge on any atom is -0.491 e. The van der Waals surface area contributed by atoms with Gasteiger partial charge in [-0.3, -0.25) is 0 Å². The average molecular weight is 292 g/mol. The highest BCUT2D eigenvalue weighted by molar-refractivity contribution is 5.36. The zero-order chi connectivity index (χ0) is 15.7. The first-order chi connectivity index (χ1) is 9.96. The van der Waals surface area contributed by atoms with E-state index in [4.69, 9.17) is 10.00 Å². The van der Waals surface area contributed by atoms with E-state index in [1.54, 1.807) is 31.2 Å². The average Bonchev–Trinajstić information content (AvgIpc) is 2.45. The monoisotopic (exact) mass is 292 g/mol. The molecule has 5 heteroatoms. The molecular weight excluding hydrogens is 268 g/mol. The maximum Gasteiger partial charge on any atom is 0.120 e. The van der Waals surface area contributed by atoms with Crippen LogP contribution in [0.2, 0.25) is 0 Å². The number of nitrogens with zero attached hydrogens (tertiary/aromatic N) is 1. The molecule has 0 fully saturated rings. The third kappa shape index (κ3) is 7.09. The van der Waals surface area contributed by atoms with Gasteiger partial charge in [-0.15, -0.1) is 0 Å². The zero-order valence-electron chi connectivity index (χ0n) is 12.7. The number of hydrogen-bond acceptors (Lipinski definition) is 5. The van der Waals surface area contributed by atoms with Gasteiger partial charge >= 0.3 is 0 Å². The van der Waals surface area contributed by atoms with E-state index < -0.39 is 11.7 Å². The van der Waals surface area contributed by atoms with Crippen molar-refractivity contribution >= 4 is 0 Å². The molecule has 0 bridgehead atoms. The van der Waals surface area contributed by atoms with Crippen molar-refractivity contribution in [2.45, 2.75) is 38.4 Å². The van der Waals surface area contributed by atoms with Crippen molar-refractivity contribution in [1.82, 2.24) is 5.32 Å². The molecule has 0 saturated heterocycles. The Morgan fingerprint density at radius 2 is 2.24 bits per heavy atom. The summed E-state index contributed by atoms with van der Waals surface area (Å²) in [5, 5.41) is 31.6. The van der Waals surface area contributed by atoms with E-state index >= 15 is 0 Å². The van der Waals surface area contributed by atoms with Crippen LogP contribution in [-0.4, -0.2) is 41.6 Å². The molecule has 0 spiro atoms. The number of aliphatic hydroxyl groups excluding tert-OH is 1. The van der Waals surface area contributed by atoms with Crippen LogP contribution in [0.1, 0.15) is 32.3 Å². The van der Waals surface area contributed by atoms with Crippen LogP contribution < -0.4 is 10.1 Å². The van der Waals surface area contributed by atoms with Crippen molar-refractivity contribution in [3.63, 3.8) is 0 Å². The molecule has 2 unspecified atom stereocenters. The first-order valence-electron chi connectivity index (χ1n) is 7.21. The lowest BCUT2D eigenvalue weighted by atomic mass is 10.0. The van der Waals surface area contributed by atoms with Crippen molar-refractivity contribution in [1.29, 1.82) is 5.26 Å². The highest BCUT2D eigenvalue weighted by Gasteiger charge is 2.18. The van der Waals surface area contributed by atoms with Gasteiger partial charge in [0.25, 0.3) is 0 Å². The molecule has 116 valence electrons. The van der Waals surface area contributed by atoms with E-state index in [1.807, 2.05) is 13.0 Å². The SMILES string of the molecule is CCCC(C)(O)CNCC(O)COc1cccc(C#N)c1. The largest absolute Gasteiger partial charge is 0.491 e. The fourth-order valence-corrected chi connectivity index (χ4v) is 2.04. The minimum absolute atomic E-state index is 0.137. The summed E-state index contributed by atoms with van der Waals surface area (Å²) in [4.78, 5) is 0. The summed E-state index contributed by atoms with van der Waals surface area (Å²) in [7, 11) is 0. The van der Waals surface area contributed by atoms with Crippen LogP contribution >= 0.6 is 0 Å². The topological polar surface area (TPSA) is 85.5 Å². The standard InChI is InChI=1S/C16H24N2O3/c1-3-7-16(2,20)12-18-10-14(19)11-21-15-6-4-5-13(8-15)9-17/h4-6,8,14,18-20H,3,7,10-12H2,1-2H3. The van der Waals surface area contributed by atoms with E-state index in [0.717, 1.165) is 6.42 Å². The van der Waals surface area contributed by atoms with Gasteiger partial charge in [-0.2, -0.15) is 5.26 Å². The Labute approximate surface area is 126 Å². The van der Waals surface area contributed by atoms with Gasteiger partial charge < -0.3 is 20.3 Å². The third-order valence-electron chi connectivity index (χ3n) is 3.08. The van der Waals surface area contributed by atoms with E-state index in [1.165, 1.54) is 0 Å². The summed E-state index contributed by atoms with van der Waals surface area (Å²) in [5.41, 5.74) is -0.230. The van der Waals surface area contributed by atoms with Crippen molar-refractivity contribution < 1.29 is 14.9 Å². The molecule has 5 nitrogen and oxygen atoms in total. The first kappa shape index (κ1) is 17.4. The third-order valence-corrected chi connectivity index (χ3v) is 3.08. The van der Waals surface area contributed by atoms with Gasteiger partial charge in [-0.25, -0.2) is 0 Å². The molecule has 2 atom stereocenters. The number of ether oxygens (including phenoxy) is 1. The van der Waals surface area contributed by atoms with Gasteiger partial charge in [0.05, 0.1) is 17.2 Å². The molecule has 1 aromatic rings. The van der Waals surface area contributed by atoms with Crippen molar-refractivity contribution in [2.24, 2.45) is 0 Å². The normalized spacial score (nSPS) is 15.0. The minimum atomic E-state index is -0.754. The fraction of sp³-hybridized carbons (Fsp3) is 0.562. The summed E-state index contributed by atoms with van der Waals surface area (Å²) >= 11 is 0. The molecule has 0 heterocycles. The summed E-state index contributed by atoms with van der Waals surface area (Å²) in [6, 6.07) is 8.84. The highest BCUT2D eigenvalue weighted by atomic mass is 16.5. The lowest BCUT2D eigenvalue weighted by Gasteiger charge is -2.24. The van der Waals surface area contributed by atoms with Gasteiger partial charge in [-0.1, -0.05) is 19.4 Å². The Hall–Kier alpha value is -1.61. The predicted molar refractivity (Wildman–Crippen MR) is 81.1 cm³/mol. The molecule has 0 aliphatic rings. The molecule has 1 aromatic carbocycles. The van der Waals surface area contributed by atoms with Crippen LogP contribution in [0.3, 0.4) is 0 Å². The Balaban J connectivity index is 2.28. The van der Waals surface area contributed by atoms with Gasteiger partial charge in [0.2, 0.25) is 0 Å². The van der Waals surface area contributed by atoms with Gasteiger partial charge in [-0.05, 0) is 31.5 Å².